The third-order valence-electron chi connectivity index (χ3n) is 3.13. The van der Waals surface area contributed by atoms with E-state index in [4.69, 9.17) is 0 Å². The summed E-state index contributed by atoms with van der Waals surface area (Å²) in [7, 11) is 0. The standard InChI is InChI=1S/C17H13BrN4O2S/c18-12-4-5-17(24)22(10-12)11-14(23)21-13-6-8-20-16(9-13)25-15-3-1-2-7-19-15/h1-10H,11H2,(H,20,21,23). The molecule has 0 spiro atoms. The molecule has 0 aliphatic rings. The minimum Gasteiger partial charge on any atom is -0.324 e. The van der Waals surface area contributed by atoms with E-state index in [0.717, 1.165) is 14.5 Å². The minimum atomic E-state index is -0.291. The van der Waals surface area contributed by atoms with Gasteiger partial charge in [-0.1, -0.05) is 17.8 Å². The molecule has 6 nitrogen and oxygen atoms in total. The van der Waals surface area contributed by atoms with Crippen LogP contribution in [0.4, 0.5) is 5.69 Å². The van der Waals surface area contributed by atoms with Crippen molar-refractivity contribution in [2.75, 3.05) is 5.32 Å². The highest BCUT2D eigenvalue weighted by molar-refractivity contribution is 9.10. The average molecular weight is 417 g/mol. The van der Waals surface area contributed by atoms with Crippen LogP contribution in [0.5, 0.6) is 0 Å². The maximum absolute atomic E-state index is 12.2. The van der Waals surface area contributed by atoms with Crippen molar-refractivity contribution in [3.05, 3.63) is 75.9 Å². The van der Waals surface area contributed by atoms with Crippen molar-refractivity contribution >= 4 is 39.3 Å². The fourth-order valence-electron chi connectivity index (χ4n) is 2.04. The Balaban J connectivity index is 1.68. The smallest absolute Gasteiger partial charge is 0.251 e. The molecule has 3 aromatic heterocycles. The molecule has 1 amide bonds. The number of pyridine rings is 3. The molecule has 25 heavy (non-hydrogen) atoms. The van der Waals surface area contributed by atoms with Crippen molar-refractivity contribution in [1.82, 2.24) is 14.5 Å². The molecular weight excluding hydrogens is 404 g/mol. The van der Waals surface area contributed by atoms with Gasteiger partial charge in [-0.15, -0.1) is 0 Å². The zero-order valence-corrected chi connectivity index (χ0v) is 15.3. The van der Waals surface area contributed by atoms with Crippen molar-refractivity contribution in [2.24, 2.45) is 0 Å². The minimum absolute atomic E-state index is 0.0662. The zero-order valence-electron chi connectivity index (χ0n) is 12.9. The van der Waals surface area contributed by atoms with Crippen LogP contribution >= 0.6 is 27.7 Å². The lowest BCUT2D eigenvalue weighted by molar-refractivity contribution is -0.116. The number of nitrogens with zero attached hydrogens (tertiary/aromatic N) is 3. The van der Waals surface area contributed by atoms with Gasteiger partial charge >= 0.3 is 0 Å². The van der Waals surface area contributed by atoms with E-state index < -0.39 is 0 Å². The lowest BCUT2D eigenvalue weighted by Gasteiger charge is -2.08. The summed E-state index contributed by atoms with van der Waals surface area (Å²) in [5.41, 5.74) is 0.376. The van der Waals surface area contributed by atoms with Gasteiger partial charge in [0.15, 0.2) is 0 Å². The number of carbonyl (C=O) groups is 1. The zero-order chi connectivity index (χ0) is 17.6. The molecule has 3 aromatic rings. The van der Waals surface area contributed by atoms with Crippen LogP contribution in [-0.4, -0.2) is 20.4 Å². The second kappa shape index (κ2) is 8.09. The van der Waals surface area contributed by atoms with Crippen molar-refractivity contribution in [1.29, 1.82) is 0 Å². The van der Waals surface area contributed by atoms with Gasteiger partial charge in [0.2, 0.25) is 5.91 Å². The van der Waals surface area contributed by atoms with Gasteiger partial charge in [-0.3, -0.25) is 9.59 Å². The van der Waals surface area contributed by atoms with Gasteiger partial charge < -0.3 is 9.88 Å². The molecule has 8 heteroatoms. The number of aromatic nitrogens is 3. The molecule has 0 unspecified atom stereocenters. The van der Waals surface area contributed by atoms with Gasteiger partial charge in [0.1, 0.15) is 16.6 Å². The number of nitrogens with one attached hydrogen (secondary N) is 1. The largest absolute Gasteiger partial charge is 0.324 e. The Morgan fingerprint density at radius 2 is 1.96 bits per heavy atom. The van der Waals surface area contributed by atoms with Gasteiger partial charge in [0.25, 0.3) is 5.56 Å². The van der Waals surface area contributed by atoms with Gasteiger partial charge in [0.05, 0.1) is 0 Å². The normalized spacial score (nSPS) is 10.4. The fraction of sp³-hybridized carbons (Fsp3) is 0.0588. The van der Waals surface area contributed by atoms with Gasteiger partial charge in [0, 0.05) is 34.8 Å². The first-order valence-electron chi connectivity index (χ1n) is 7.31. The topological polar surface area (TPSA) is 76.9 Å². The molecule has 3 heterocycles. The lowest BCUT2D eigenvalue weighted by atomic mass is 10.4. The highest BCUT2D eigenvalue weighted by Crippen LogP contribution is 2.25. The number of hydrogen-bond acceptors (Lipinski definition) is 5. The van der Waals surface area contributed by atoms with Crippen LogP contribution in [0, 0.1) is 0 Å². The molecule has 0 aromatic carbocycles. The van der Waals surface area contributed by atoms with E-state index in [2.05, 4.69) is 31.2 Å². The number of anilines is 1. The number of carbonyl (C=O) groups excluding carboxylic acids is 1. The van der Waals surface area contributed by atoms with E-state index in [9.17, 15) is 9.59 Å². The maximum Gasteiger partial charge on any atom is 0.251 e. The molecule has 0 saturated heterocycles. The molecule has 0 atom stereocenters. The van der Waals surface area contributed by atoms with E-state index in [1.807, 2.05) is 18.2 Å². The first-order chi connectivity index (χ1) is 12.1. The van der Waals surface area contributed by atoms with Crippen molar-refractivity contribution in [3.63, 3.8) is 0 Å². The second-order valence-corrected chi connectivity index (χ2v) is 6.97. The van der Waals surface area contributed by atoms with Crippen LogP contribution in [-0.2, 0) is 11.3 Å². The van der Waals surface area contributed by atoms with Gasteiger partial charge in [-0.25, -0.2) is 9.97 Å². The van der Waals surface area contributed by atoms with Crippen LogP contribution < -0.4 is 10.9 Å². The van der Waals surface area contributed by atoms with E-state index >= 15 is 0 Å². The molecule has 0 fully saturated rings. The Labute approximate surface area is 156 Å². The number of amides is 1. The molecule has 0 radical (unpaired) electrons. The molecule has 0 aliphatic carbocycles. The Kier molecular flexibility index (Phi) is 5.62. The SMILES string of the molecule is O=C(Cn1cc(Br)ccc1=O)Nc1ccnc(Sc2ccccn2)c1. The summed E-state index contributed by atoms with van der Waals surface area (Å²) in [5, 5.41) is 4.31. The summed E-state index contributed by atoms with van der Waals surface area (Å²) in [6.45, 7) is -0.0662. The van der Waals surface area contributed by atoms with Crippen LogP contribution in [0.15, 0.2) is 80.4 Å². The molecule has 3 rings (SSSR count). The van der Waals surface area contributed by atoms with Crippen LogP contribution in [0.25, 0.3) is 0 Å². The predicted octanol–water partition coefficient (Wildman–Crippen LogP) is 3.19. The van der Waals surface area contributed by atoms with E-state index in [-0.39, 0.29) is 18.0 Å². The first-order valence-corrected chi connectivity index (χ1v) is 8.92. The highest BCUT2D eigenvalue weighted by atomic mass is 79.9. The lowest BCUT2D eigenvalue weighted by Crippen LogP contribution is -2.26. The van der Waals surface area contributed by atoms with Gasteiger partial charge in [-0.2, -0.15) is 0 Å². The number of rotatable bonds is 5. The summed E-state index contributed by atoms with van der Waals surface area (Å²) in [4.78, 5) is 32.4. The third kappa shape index (κ3) is 5.01. The predicted molar refractivity (Wildman–Crippen MR) is 99.6 cm³/mol. The average Bonchev–Trinajstić information content (AvgIpc) is 2.59. The van der Waals surface area contributed by atoms with Crippen LogP contribution in [0.1, 0.15) is 0 Å². The van der Waals surface area contributed by atoms with Crippen LogP contribution in [0.2, 0.25) is 0 Å². The quantitative estimate of drug-likeness (QED) is 0.690. The Morgan fingerprint density at radius 3 is 2.76 bits per heavy atom. The molecule has 0 bridgehead atoms. The molecule has 126 valence electrons. The third-order valence-corrected chi connectivity index (χ3v) is 4.48. The maximum atomic E-state index is 12.2. The van der Waals surface area contributed by atoms with Crippen molar-refractivity contribution in [2.45, 2.75) is 16.6 Å². The van der Waals surface area contributed by atoms with E-state index in [0.29, 0.717) is 5.69 Å². The Hall–Kier alpha value is -2.45. The number of halogens is 1. The Morgan fingerprint density at radius 1 is 1.12 bits per heavy atom. The number of hydrogen-bond donors (Lipinski definition) is 1. The summed E-state index contributed by atoms with van der Waals surface area (Å²) < 4.78 is 2.07. The molecule has 0 aliphatic heterocycles. The first kappa shape index (κ1) is 17.4. The van der Waals surface area contributed by atoms with Gasteiger partial charge in [-0.05, 0) is 46.3 Å². The van der Waals surface area contributed by atoms with E-state index in [1.54, 1.807) is 36.8 Å². The van der Waals surface area contributed by atoms with E-state index in [1.165, 1.54) is 22.4 Å². The Bertz CT molecular complexity index is 947. The second-order valence-electron chi connectivity index (χ2n) is 5.01. The summed E-state index contributed by atoms with van der Waals surface area (Å²) >= 11 is 4.69. The summed E-state index contributed by atoms with van der Waals surface area (Å²) in [5.74, 6) is -0.291. The highest BCUT2D eigenvalue weighted by Gasteiger charge is 2.07. The fourth-order valence-corrected chi connectivity index (χ4v) is 3.19. The summed E-state index contributed by atoms with van der Waals surface area (Å²) in [6.07, 6.45) is 4.91. The monoisotopic (exact) mass is 416 g/mol. The summed E-state index contributed by atoms with van der Waals surface area (Å²) in [6, 6.07) is 12.1. The molecular formula is C17H13BrN4O2S. The molecule has 1 N–H and O–H groups in total. The van der Waals surface area contributed by atoms with Crippen molar-refractivity contribution < 1.29 is 4.79 Å². The van der Waals surface area contributed by atoms with Crippen LogP contribution in [0.3, 0.4) is 0 Å². The van der Waals surface area contributed by atoms with Crippen molar-refractivity contribution in [3.8, 4) is 0 Å². The molecule has 0 saturated carbocycles.